The lowest BCUT2D eigenvalue weighted by Crippen LogP contribution is -2.57. The summed E-state index contributed by atoms with van der Waals surface area (Å²) in [4.78, 5) is 20.1. The predicted octanol–water partition coefficient (Wildman–Crippen LogP) is 0.620. The number of β-amino-alcohol motifs (C(OH)–C–C–N with tert-alkyl or cyclic N) is 1. The van der Waals surface area contributed by atoms with Gasteiger partial charge in [-0.15, -0.1) is 0 Å². The van der Waals surface area contributed by atoms with E-state index in [1.807, 2.05) is 0 Å². The molecule has 0 unspecified atom stereocenters. The van der Waals surface area contributed by atoms with Crippen LogP contribution in [0.2, 0.25) is 0 Å². The fraction of sp³-hybridized carbons (Fsp3) is 0.500. The molecule has 0 bridgehead atoms. The average Bonchev–Trinajstić information content (AvgIpc) is 2.81. The normalized spacial score (nSPS) is 26.2. The highest BCUT2D eigenvalue weighted by atomic mass is 32.2. The van der Waals surface area contributed by atoms with Gasteiger partial charge in [-0.3, -0.25) is 4.79 Å². The number of carbonyl (C=O) groups is 1. The molecule has 1 aromatic heterocycles. The first-order valence-corrected chi connectivity index (χ1v) is 12.5. The van der Waals surface area contributed by atoms with Crippen LogP contribution in [0.1, 0.15) is 25.0 Å². The summed E-state index contributed by atoms with van der Waals surface area (Å²) in [5, 5.41) is 13.0. The van der Waals surface area contributed by atoms with E-state index in [0.29, 0.717) is 18.5 Å². The molecule has 12 heteroatoms. The van der Waals surface area contributed by atoms with Crippen LogP contribution in [0.3, 0.4) is 0 Å². The van der Waals surface area contributed by atoms with Crippen molar-refractivity contribution in [3.8, 4) is 0 Å². The fourth-order valence-electron chi connectivity index (χ4n) is 4.22. The van der Waals surface area contributed by atoms with Crippen LogP contribution < -0.4 is 5.32 Å². The molecule has 1 amide bonds. The third-order valence-electron chi connectivity index (χ3n) is 5.86. The maximum Gasteiger partial charge on any atom is 0.243 e. The number of aromatic nitrogens is 2. The number of ether oxygens (including phenoxy) is 2. The van der Waals surface area contributed by atoms with E-state index >= 15 is 0 Å². The second-order valence-corrected chi connectivity index (χ2v) is 10.2. The summed E-state index contributed by atoms with van der Waals surface area (Å²) in [7, 11) is -4.10. The maximum absolute atomic E-state index is 13.7. The van der Waals surface area contributed by atoms with Gasteiger partial charge in [-0.25, -0.2) is 22.8 Å². The number of hydrogen-bond acceptors (Lipinski definition) is 8. The molecule has 10 nitrogen and oxygen atoms in total. The number of sulfonamides is 1. The second kappa shape index (κ2) is 10.8. The molecule has 0 radical (unpaired) electrons. The van der Waals surface area contributed by atoms with Crippen LogP contribution in [0.5, 0.6) is 0 Å². The minimum atomic E-state index is -4.10. The molecule has 3 heterocycles. The van der Waals surface area contributed by atoms with Crippen molar-refractivity contribution in [2.45, 2.75) is 55.1 Å². The van der Waals surface area contributed by atoms with Crippen molar-refractivity contribution in [2.24, 2.45) is 0 Å². The summed E-state index contributed by atoms with van der Waals surface area (Å²) in [6.07, 6.45) is 1.85. The van der Waals surface area contributed by atoms with Gasteiger partial charge >= 0.3 is 0 Å². The van der Waals surface area contributed by atoms with Gasteiger partial charge in [0.05, 0.1) is 61.1 Å². The third kappa shape index (κ3) is 5.94. The highest BCUT2D eigenvalue weighted by molar-refractivity contribution is 7.89. The van der Waals surface area contributed by atoms with E-state index in [9.17, 15) is 22.7 Å². The molecule has 2 fully saturated rings. The number of hydrogen-bond donors (Lipinski definition) is 2. The highest BCUT2D eigenvalue weighted by Gasteiger charge is 2.43. The van der Waals surface area contributed by atoms with Crippen LogP contribution in [-0.4, -0.2) is 77.8 Å². The second-order valence-electron chi connectivity index (χ2n) is 8.35. The number of benzene rings is 1. The van der Waals surface area contributed by atoms with Gasteiger partial charge in [0.2, 0.25) is 15.9 Å². The van der Waals surface area contributed by atoms with Crippen molar-refractivity contribution < 1.29 is 32.2 Å². The molecule has 2 N–H and O–H groups in total. The van der Waals surface area contributed by atoms with Gasteiger partial charge in [0.25, 0.3) is 0 Å². The van der Waals surface area contributed by atoms with Crippen molar-refractivity contribution in [3.63, 3.8) is 0 Å². The fourth-order valence-corrected chi connectivity index (χ4v) is 5.97. The Kier molecular flexibility index (Phi) is 7.84. The Labute approximate surface area is 197 Å². The van der Waals surface area contributed by atoms with Crippen LogP contribution in [-0.2, 0) is 30.8 Å². The molecular formula is C22H27FN4O6S. The lowest BCUT2D eigenvalue weighted by Gasteiger charge is -2.43. The molecule has 2 aliphatic heterocycles. The summed E-state index contributed by atoms with van der Waals surface area (Å²) < 4.78 is 53.3. The minimum Gasteiger partial charge on any atom is -0.389 e. The summed E-state index contributed by atoms with van der Waals surface area (Å²) in [5.74, 6) is -0.880. The number of carbonyl (C=O) groups excluding carboxylic acids is 1. The van der Waals surface area contributed by atoms with Gasteiger partial charge in [-0.1, -0.05) is 6.07 Å². The third-order valence-corrected chi connectivity index (χ3v) is 7.75. The number of aliphatic hydroxyl groups is 1. The van der Waals surface area contributed by atoms with E-state index in [2.05, 4.69) is 15.3 Å². The molecule has 2 aliphatic rings. The molecule has 0 saturated carbocycles. The van der Waals surface area contributed by atoms with E-state index in [1.54, 1.807) is 12.3 Å². The van der Waals surface area contributed by atoms with Gasteiger partial charge in [0.1, 0.15) is 12.1 Å². The van der Waals surface area contributed by atoms with E-state index in [-0.39, 0.29) is 43.5 Å². The lowest BCUT2D eigenvalue weighted by atomic mass is 9.96. The van der Waals surface area contributed by atoms with Gasteiger partial charge < -0.3 is 19.9 Å². The Morgan fingerprint density at radius 3 is 2.88 bits per heavy atom. The average molecular weight is 495 g/mol. The number of nitrogens with zero attached hydrogens (tertiary/aromatic N) is 3. The monoisotopic (exact) mass is 494 g/mol. The zero-order valence-electron chi connectivity index (χ0n) is 18.4. The highest BCUT2D eigenvalue weighted by Crippen LogP contribution is 2.31. The van der Waals surface area contributed by atoms with Crippen molar-refractivity contribution in [3.05, 3.63) is 54.4 Å². The van der Waals surface area contributed by atoms with E-state index < -0.39 is 40.2 Å². The number of aliphatic hydroxyl groups excluding tert-OH is 1. The topological polar surface area (TPSA) is 131 Å². The Morgan fingerprint density at radius 2 is 2.12 bits per heavy atom. The van der Waals surface area contributed by atoms with E-state index in [1.165, 1.54) is 28.8 Å². The SMILES string of the molecule is O=C(C[C@H]1CC[C@H]2[C@@H](COC[C@H](O)CN2S(=O)(=O)c2cccc(F)c2)O1)NCc1ccncn1. The van der Waals surface area contributed by atoms with Gasteiger partial charge in [0.15, 0.2) is 0 Å². The maximum atomic E-state index is 13.7. The number of halogens is 1. The number of nitrogens with one attached hydrogen (secondary N) is 1. The zero-order valence-corrected chi connectivity index (χ0v) is 19.2. The van der Waals surface area contributed by atoms with Gasteiger partial charge in [-0.2, -0.15) is 4.31 Å². The molecular weight excluding hydrogens is 467 g/mol. The molecule has 0 aliphatic carbocycles. The summed E-state index contributed by atoms with van der Waals surface area (Å²) in [6.45, 7) is 0.0655. The van der Waals surface area contributed by atoms with Crippen LogP contribution >= 0.6 is 0 Å². The first kappa shape index (κ1) is 24.6. The first-order chi connectivity index (χ1) is 16.3. The van der Waals surface area contributed by atoms with Crippen molar-refractivity contribution in [1.29, 1.82) is 0 Å². The predicted molar refractivity (Wildman–Crippen MR) is 117 cm³/mol. The molecule has 2 saturated heterocycles. The smallest absolute Gasteiger partial charge is 0.243 e. The Hall–Kier alpha value is -2.51. The number of fused-ring (bicyclic) bond motifs is 1. The standard InChI is InChI=1S/C22H27FN4O6S/c23-15-2-1-3-19(8-15)34(30,31)27-11-17(28)12-32-13-21-20(27)5-4-18(33-21)9-22(29)25-10-16-6-7-24-14-26-16/h1-3,6-8,14,17-18,20-21,28H,4-5,9-13H2,(H,25,29)/t17-,18-,20+,21-/m1/s1. The molecule has 2 aromatic rings. The minimum absolute atomic E-state index is 0.0637. The van der Waals surface area contributed by atoms with Crippen LogP contribution in [0.15, 0.2) is 47.8 Å². The summed E-state index contributed by atoms with van der Waals surface area (Å²) >= 11 is 0. The lowest BCUT2D eigenvalue weighted by molar-refractivity contribution is -0.146. The van der Waals surface area contributed by atoms with Crippen molar-refractivity contribution in [1.82, 2.24) is 19.6 Å². The quantitative estimate of drug-likeness (QED) is 0.598. The molecule has 0 spiro atoms. The number of amides is 1. The zero-order chi connectivity index (χ0) is 24.1. The van der Waals surface area contributed by atoms with Crippen LogP contribution in [0, 0.1) is 5.82 Å². The Balaban J connectivity index is 1.44. The molecule has 4 rings (SSSR count). The van der Waals surface area contributed by atoms with E-state index in [4.69, 9.17) is 9.47 Å². The first-order valence-electron chi connectivity index (χ1n) is 11.0. The molecule has 34 heavy (non-hydrogen) atoms. The van der Waals surface area contributed by atoms with Gasteiger partial charge in [-0.05, 0) is 37.1 Å². The molecule has 184 valence electrons. The van der Waals surface area contributed by atoms with Gasteiger partial charge in [0, 0.05) is 12.7 Å². The van der Waals surface area contributed by atoms with Crippen molar-refractivity contribution >= 4 is 15.9 Å². The van der Waals surface area contributed by atoms with Crippen LogP contribution in [0.25, 0.3) is 0 Å². The van der Waals surface area contributed by atoms with Crippen LogP contribution in [0.4, 0.5) is 4.39 Å². The summed E-state index contributed by atoms with van der Waals surface area (Å²) in [6, 6.07) is 5.86. The largest absolute Gasteiger partial charge is 0.389 e. The number of rotatable bonds is 6. The van der Waals surface area contributed by atoms with Crippen molar-refractivity contribution in [2.75, 3.05) is 19.8 Å². The molecule has 1 aromatic carbocycles. The Bertz CT molecular complexity index is 1090. The molecule has 4 atom stereocenters. The van der Waals surface area contributed by atoms with E-state index in [0.717, 1.165) is 6.07 Å². The summed E-state index contributed by atoms with van der Waals surface area (Å²) in [5.41, 5.74) is 0.679. The Morgan fingerprint density at radius 1 is 1.26 bits per heavy atom.